The second-order valence-corrected chi connectivity index (χ2v) is 6.13. The maximum atomic E-state index is 13.5. The van der Waals surface area contributed by atoms with Gasteiger partial charge in [0.05, 0.1) is 11.4 Å². The van der Waals surface area contributed by atoms with Crippen LogP contribution in [0.1, 0.15) is 0 Å². The van der Waals surface area contributed by atoms with Crippen LogP contribution in [-0.2, 0) is 11.8 Å². The van der Waals surface area contributed by atoms with Crippen molar-refractivity contribution in [2.45, 2.75) is 5.16 Å². The molecule has 8 heteroatoms. The zero-order valence-corrected chi connectivity index (χ0v) is 14.1. The van der Waals surface area contributed by atoms with E-state index in [1.54, 1.807) is 35.9 Å². The Balaban J connectivity index is 1.65. The van der Waals surface area contributed by atoms with Crippen LogP contribution in [-0.4, -0.2) is 26.4 Å². The van der Waals surface area contributed by atoms with Gasteiger partial charge in [-0.25, -0.2) is 8.78 Å². The first-order chi connectivity index (χ1) is 12.0. The molecule has 3 aromatic rings. The van der Waals surface area contributed by atoms with Gasteiger partial charge in [-0.2, -0.15) is 0 Å². The lowest BCUT2D eigenvalue weighted by molar-refractivity contribution is -0.113. The molecule has 3 rings (SSSR count). The molecule has 0 fully saturated rings. The summed E-state index contributed by atoms with van der Waals surface area (Å²) < 4.78 is 28.2. The molecule has 1 N–H and O–H groups in total. The number of benzene rings is 2. The van der Waals surface area contributed by atoms with Crippen molar-refractivity contribution in [2.75, 3.05) is 11.1 Å². The van der Waals surface area contributed by atoms with Crippen LogP contribution in [0.2, 0.25) is 0 Å². The van der Waals surface area contributed by atoms with E-state index < -0.39 is 5.82 Å². The highest BCUT2D eigenvalue weighted by Gasteiger charge is 2.13. The van der Waals surface area contributed by atoms with Gasteiger partial charge in [-0.3, -0.25) is 4.79 Å². The van der Waals surface area contributed by atoms with Crippen LogP contribution in [0.4, 0.5) is 14.5 Å². The smallest absolute Gasteiger partial charge is 0.234 e. The van der Waals surface area contributed by atoms with E-state index in [9.17, 15) is 13.6 Å². The van der Waals surface area contributed by atoms with Gasteiger partial charge >= 0.3 is 0 Å². The first kappa shape index (κ1) is 17.1. The fraction of sp³-hybridized carbons (Fsp3) is 0.118. The predicted molar refractivity (Wildman–Crippen MR) is 92.2 cm³/mol. The summed E-state index contributed by atoms with van der Waals surface area (Å²) in [6.45, 7) is 0. The van der Waals surface area contributed by atoms with Crippen molar-refractivity contribution in [1.82, 2.24) is 14.8 Å². The summed E-state index contributed by atoms with van der Waals surface area (Å²) in [7, 11) is 1.76. The summed E-state index contributed by atoms with van der Waals surface area (Å²) in [5, 5.41) is 11.2. The lowest BCUT2D eigenvalue weighted by atomic mass is 10.2. The van der Waals surface area contributed by atoms with Crippen molar-refractivity contribution in [3.05, 3.63) is 60.2 Å². The lowest BCUT2D eigenvalue weighted by Gasteiger charge is -2.06. The Kier molecular flexibility index (Phi) is 5.08. The Bertz CT molecular complexity index is 896. The fourth-order valence-electron chi connectivity index (χ4n) is 2.17. The maximum Gasteiger partial charge on any atom is 0.234 e. The number of para-hydroxylation sites is 1. The van der Waals surface area contributed by atoms with Gasteiger partial charge in [0.2, 0.25) is 5.91 Å². The molecule has 0 spiro atoms. The first-order valence-electron chi connectivity index (χ1n) is 7.37. The van der Waals surface area contributed by atoms with Crippen molar-refractivity contribution in [3.63, 3.8) is 0 Å². The average Bonchev–Trinajstić information content (AvgIpc) is 2.97. The van der Waals surface area contributed by atoms with Crippen LogP contribution >= 0.6 is 11.8 Å². The average molecular weight is 360 g/mol. The number of amides is 1. The number of halogens is 2. The largest absolute Gasteiger partial charge is 0.323 e. The Hall–Kier alpha value is -2.74. The first-order valence-corrected chi connectivity index (χ1v) is 8.35. The highest BCUT2D eigenvalue weighted by Crippen LogP contribution is 2.23. The number of nitrogens with zero attached hydrogens (tertiary/aromatic N) is 3. The molecular weight excluding hydrogens is 346 g/mol. The number of rotatable bonds is 5. The van der Waals surface area contributed by atoms with Crippen LogP contribution < -0.4 is 5.32 Å². The maximum absolute atomic E-state index is 13.5. The van der Waals surface area contributed by atoms with Crippen molar-refractivity contribution >= 4 is 23.4 Å². The second-order valence-electron chi connectivity index (χ2n) is 5.19. The number of aromatic nitrogens is 3. The Morgan fingerprint density at radius 1 is 1.12 bits per heavy atom. The molecule has 2 aromatic carbocycles. The van der Waals surface area contributed by atoms with Gasteiger partial charge in [-0.05, 0) is 36.4 Å². The Morgan fingerprint density at radius 3 is 2.56 bits per heavy atom. The van der Waals surface area contributed by atoms with E-state index in [0.717, 1.165) is 5.56 Å². The molecule has 1 aromatic heterocycles. The minimum atomic E-state index is -0.488. The van der Waals surface area contributed by atoms with E-state index in [0.29, 0.717) is 11.0 Å². The van der Waals surface area contributed by atoms with Crippen LogP contribution in [0.15, 0.2) is 53.7 Å². The zero-order chi connectivity index (χ0) is 17.8. The molecular formula is C17H14F2N4OS. The lowest BCUT2D eigenvalue weighted by Crippen LogP contribution is -2.15. The van der Waals surface area contributed by atoms with Crippen molar-refractivity contribution < 1.29 is 13.6 Å². The van der Waals surface area contributed by atoms with Crippen molar-refractivity contribution in [1.29, 1.82) is 0 Å². The fourth-order valence-corrected chi connectivity index (χ4v) is 2.88. The molecule has 0 atom stereocenters. The minimum absolute atomic E-state index is 0.0593. The predicted octanol–water partition coefficient (Wildman–Crippen LogP) is 3.49. The highest BCUT2D eigenvalue weighted by atomic mass is 32.2. The van der Waals surface area contributed by atoms with E-state index in [2.05, 4.69) is 15.5 Å². The van der Waals surface area contributed by atoms with Gasteiger partial charge in [0.15, 0.2) is 11.0 Å². The van der Waals surface area contributed by atoms with Gasteiger partial charge in [-0.15, -0.1) is 10.2 Å². The Labute approximate surface area is 147 Å². The molecule has 0 aliphatic heterocycles. The standard InChI is InChI=1S/C17H14F2N4OS/c1-23-16(11-6-8-12(18)9-7-11)21-22-17(23)25-10-15(24)20-14-5-3-2-4-13(14)19/h2-9H,10H2,1H3,(H,20,24). The van der Waals surface area contributed by atoms with Crippen LogP contribution in [0.25, 0.3) is 11.4 Å². The molecule has 1 heterocycles. The summed E-state index contributed by atoms with van der Waals surface area (Å²) in [5.41, 5.74) is 0.858. The summed E-state index contributed by atoms with van der Waals surface area (Å²) >= 11 is 1.18. The van der Waals surface area contributed by atoms with Gasteiger partial charge in [-0.1, -0.05) is 23.9 Å². The monoisotopic (exact) mass is 360 g/mol. The summed E-state index contributed by atoms with van der Waals surface area (Å²) in [6.07, 6.45) is 0. The third-order valence-corrected chi connectivity index (χ3v) is 4.44. The van der Waals surface area contributed by atoms with E-state index in [4.69, 9.17) is 0 Å². The molecule has 0 radical (unpaired) electrons. The molecule has 0 saturated carbocycles. The number of anilines is 1. The highest BCUT2D eigenvalue weighted by molar-refractivity contribution is 7.99. The molecule has 1 amide bonds. The minimum Gasteiger partial charge on any atom is -0.323 e. The number of thioether (sulfide) groups is 1. The zero-order valence-electron chi connectivity index (χ0n) is 13.2. The van der Waals surface area contributed by atoms with Crippen molar-refractivity contribution in [3.8, 4) is 11.4 Å². The number of carbonyl (C=O) groups is 1. The molecule has 25 heavy (non-hydrogen) atoms. The Morgan fingerprint density at radius 2 is 1.84 bits per heavy atom. The number of hydrogen-bond donors (Lipinski definition) is 1. The number of carbonyl (C=O) groups excluding carboxylic acids is 1. The van der Waals surface area contributed by atoms with Gasteiger partial charge in [0.25, 0.3) is 0 Å². The van der Waals surface area contributed by atoms with E-state index in [1.165, 1.54) is 36.0 Å². The quantitative estimate of drug-likeness (QED) is 0.708. The van der Waals surface area contributed by atoms with E-state index >= 15 is 0 Å². The van der Waals surface area contributed by atoms with Crippen LogP contribution in [0.5, 0.6) is 0 Å². The van der Waals surface area contributed by atoms with Gasteiger partial charge in [0, 0.05) is 12.6 Å². The molecule has 0 unspecified atom stereocenters. The summed E-state index contributed by atoms with van der Waals surface area (Å²) in [4.78, 5) is 12.0. The second kappa shape index (κ2) is 7.43. The normalized spacial score (nSPS) is 10.7. The third-order valence-electron chi connectivity index (χ3n) is 3.42. The van der Waals surface area contributed by atoms with Crippen molar-refractivity contribution in [2.24, 2.45) is 7.05 Å². The molecule has 0 saturated heterocycles. The third kappa shape index (κ3) is 4.03. The topological polar surface area (TPSA) is 59.8 Å². The molecule has 5 nitrogen and oxygen atoms in total. The van der Waals surface area contributed by atoms with E-state index in [-0.39, 0.29) is 23.2 Å². The van der Waals surface area contributed by atoms with E-state index in [1.807, 2.05) is 0 Å². The van der Waals surface area contributed by atoms with Gasteiger partial charge < -0.3 is 9.88 Å². The van der Waals surface area contributed by atoms with Crippen LogP contribution in [0, 0.1) is 11.6 Å². The van der Waals surface area contributed by atoms with Gasteiger partial charge in [0.1, 0.15) is 11.6 Å². The molecule has 0 aliphatic rings. The molecule has 128 valence electrons. The summed E-state index contributed by atoms with van der Waals surface area (Å²) in [5.74, 6) is -0.536. The SMILES string of the molecule is Cn1c(SCC(=O)Nc2ccccc2F)nnc1-c1ccc(F)cc1. The van der Waals surface area contributed by atoms with Crippen LogP contribution in [0.3, 0.4) is 0 Å². The molecule has 0 bridgehead atoms. The number of nitrogens with one attached hydrogen (secondary N) is 1. The molecule has 0 aliphatic carbocycles. The number of hydrogen-bond acceptors (Lipinski definition) is 4. The summed E-state index contributed by atoms with van der Waals surface area (Å²) in [6, 6.07) is 11.9.